The Balaban J connectivity index is 0.000000140. The lowest BCUT2D eigenvalue weighted by atomic mass is 10.1. The summed E-state index contributed by atoms with van der Waals surface area (Å²) in [4.78, 5) is 0.167. The molecule has 1 nitrogen and oxygen atoms in total. The second-order valence-corrected chi connectivity index (χ2v) is 6.24. The first-order chi connectivity index (χ1) is 6.41. The molecule has 2 fully saturated rings. The SMILES string of the molecule is CC1(Cl)CCCC1.CC1(O)CCCC1. The van der Waals surface area contributed by atoms with Crippen LogP contribution in [0.3, 0.4) is 0 Å². The van der Waals surface area contributed by atoms with Crippen LogP contribution in [0.4, 0.5) is 0 Å². The predicted octanol–water partition coefficient (Wildman–Crippen LogP) is 3.87. The lowest BCUT2D eigenvalue weighted by Crippen LogP contribution is -2.17. The molecule has 0 radical (unpaired) electrons. The minimum Gasteiger partial charge on any atom is -0.390 e. The summed E-state index contributed by atoms with van der Waals surface area (Å²) in [5, 5.41) is 9.19. The van der Waals surface area contributed by atoms with Crippen molar-refractivity contribution in [1.29, 1.82) is 0 Å². The van der Waals surface area contributed by atoms with Crippen molar-refractivity contribution in [3.8, 4) is 0 Å². The fraction of sp³-hybridized carbons (Fsp3) is 1.00. The van der Waals surface area contributed by atoms with Crippen molar-refractivity contribution in [3.05, 3.63) is 0 Å². The van der Waals surface area contributed by atoms with Crippen LogP contribution in [0.2, 0.25) is 0 Å². The average molecular weight is 219 g/mol. The number of aliphatic hydroxyl groups is 1. The third-order valence-electron chi connectivity index (χ3n) is 3.33. The van der Waals surface area contributed by atoms with E-state index in [-0.39, 0.29) is 10.5 Å². The quantitative estimate of drug-likeness (QED) is 0.612. The third kappa shape index (κ3) is 4.65. The van der Waals surface area contributed by atoms with Gasteiger partial charge in [-0.05, 0) is 39.5 Å². The molecule has 0 unspecified atom stereocenters. The number of hydrogen-bond donors (Lipinski definition) is 1. The van der Waals surface area contributed by atoms with Gasteiger partial charge in [-0.2, -0.15) is 0 Å². The van der Waals surface area contributed by atoms with Gasteiger partial charge in [0.25, 0.3) is 0 Å². The number of halogens is 1. The highest BCUT2D eigenvalue weighted by Crippen LogP contribution is 2.34. The molecule has 0 aromatic carbocycles. The highest BCUT2D eigenvalue weighted by atomic mass is 35.5. The summed E-state index contributed by atoms with van der Waals surface area (Å²) in [6, 6.07) is 0. The van der Waals surface area contributed by atoms with E-state index < -0.39 is 0 Å². The largest absolute Gasteiger partial charge is 0.390 e. The van der Waals surface area contributed by atoms with E-state index in [0.717, 1.165) is 12.8 Å². The molecule has 0 atom stereocenters. The van der Waals surface area contributed by atoms with E-state index in [1.54, 1.807) is 0 Å². The van der Waals surface area contributed by atoms with Crippen LogP contribution < -0.4 is 0 Å². The monoisotopic (exact) mass is 218 g/mol. The fourth-order valence-electron chi connectivity index (χ4n) is 2.25. The summed E-state index contributed by atoms with van der Waals surface area (Å²) < 4.78 is 0. The summed E-state index contributed by atoms with van der Waals surface area (Å²) in [6.07, 6.45) is 9.54. The van der Waals surface area contributed by atoms with Gasteiger partial charge in [0.05, 0.1) is 5.60 Å². The molecule has 2 aliphatic rings. The van der Waals surface area contributed by atoms with Gasteiger partial charge in [0.1, 0.15) is 0 Å². The van der Waals surface area contributed by atoms with Gasteiger partial charge in [-0.25, -0.2) is 0 Å². The molecule has 0 heterocycles. The van der Waals surface area contributed by atoms with Gasteiger partial charge in [0, 0.05) is 4.87 Å². The normalized spacial score (nSPS) is 28.3. The van der Waals surface area contributed by atoms with E-state index in [4.69, 9.17) is 11.6 Å². The third-order valence-corrected chi connectivity index (χ3v) is 3.70. The van der Waals surface area contributed by atoms with Crippen molar-refractivity contribution in [1.82, 2.24) is 0 Å². The zero-order valence-corrected chi connectivity index (χ0v) is 10.2. The zero-order valence-electron chi connectivity index (χ0n) is 9.48. The standard InChI is InChI=1S/C6H11Cl.C6H12O/c2*1-6(7)4-2-3-5-6/h2-5H2,1H3;7H,2-5H2,1H3. The Morgan fingerprint density at radius 1 is 0.857 bits per heavy atom. The average Bonchev–Trinajstić information content (AvgIpc) is 2.60. The van der Waals surface area contributed by atoms with Gasteiger partial charge >= 0.3 is 0 Å². The second kappa shape index (κ2) is 4.85. The lowest BCUT2D eigenvalue weighted by molar-refractivity contribution is 0.0681. The smallest absolute Gasteiger partial charge is 0.0619 e. The van der Waals surface area contributed by atoms with E-state index in [1.165, 1.54) is 38.5 Å². The molecule has 1 N–H and O–H groups in total. The van der Waals surface area contributed by atoms with Gasteiger partial charge in [0.2, 0.25) is 0 Å². The summed E-state index contributed by atoms with van der Waals surface area (Å²) in [5.74, 6) is 0. The van der Waals surface area contributed by atoms with Crippen molar-refractivity contribution in [2.75, 3.05) is 0 Å². The van der Waals surface area contributed by atoms with Crippen LogP contribution in [0.25, 0.3) is 0 Å². The predicted molar refractivity (Wildman–Crippen MR) is 61.8 cm³/mol. The highest BCUT2D eigenvalue weighted by molar-refractivity contribution is 6.23. The minimum absolute atomic E-state index is 0.167. The maximum atomic E-state index is 9.19. The van der Waals surface area contributed by atoms with Crippen LogP contribution in [-0.2, 0) is 0 Å². The Morgan fingerprint density at radius 2 is 1.21 bits per heavy atom. The number of alkyl halides is 1. The van der Waals surface area contributed by atoms with E-state index in [1.807, 2.05) is 6.92 Å². The van der Waals surface area contributed by atoms with Crippen LogP contribution in [0, 0.1) is 0 Å². The molecule has 0 saturated heterocycles. The first-order valence-electron chi connectivity index (χ1n) is 5.83. The molecule has 2 aliphatic carbocycles. The molecular formula is C12H23ClO. The molecule has 84 valence electrons. The molecule has 2 rings (SSSR count). The Kier molecular flexibility index (Phi) is 4.27. The van der Waals surface area contributed by atoms with Gasteiger partial charge in [-0.1, -0.05) is 25.7 Å². The first kappa shape index (κ1) is 12.3. The molecular weight excluding hydrogens is 196 g/mol. The minimum atomic E-state index is -0.306. The number of rotatable bonds is 0. The van der Waals surface area contributed by atoms with Crippen molar-refractivity contribution in [2.24, 2.45) is 0 Å². The van der Waals surface area contributed by atoms with Gasteiger partial charge < -0.3 is 5.11 Å². The van der Waals surface area contributed by atoms with Gasteiger partial charge in [-0.15, -0.1) is 11.6 Å². The molecule has 0 spiro atoms. The summed E-state index contributed by atoms with van der Waals surface area (Å²) >= 11 is 5.97. The van der Waals surface area contributed by atoms with Crippen molar-refractivity contribution in [3.63, 3.8) is 0 Å². The van der Waals surface area contributed by atoms with Crippen LogP contribution >= 0.6 is 11.6 Å². The summed E-state index contributed by atoms with van der Waals surface area (Å²) in [6.45, 7) is 4.04. The molecule has 0 amide bonds. The number of hydrogen-bond acceptors (Lipinski definition) is 1. The van der Waals surface area contributed by atoms with Crippen LogP contribution in [-0.4, -0.2) is 15.6 Å². The van der Waals surface area contributed by atoms with E-state index in [0.29, 0.717) is 0 Å². The van der Waals surface area contributed by atoms with Crippen LogP contribution in [0.1, 0.15) is 65.2 Å². The van der Waals surface area contributed by atoms with Gasteiger partial charge in [-0.3, -0.25) is 0 Å². The van der Waals surface area contributed by atoms with E-state index >= 15 is 0 Å². The van der Waals surface area contributed by atoms with Crippen LogP contribution in [0.5, 0.6) is 0 Å². The van der Waals surface area contributed by atoms with Crippen molar-refractivity contribution in [2.45, 2.75) is 75.7 Å². The highest BCUT2D eigenvalue weighted by Gasteiger charge is 2.25. The second-order valence-electron chi connectivity index (χ2n) is 5.32. The zero-order chi connectivity index (χ0) is 10.7. The van der Waals surface area contributed by atoms with Crippen molar-refractivity contribution >= 4 is 11.6 Å². The topological polar surface area (TPSA) is 20.2 Å². The Bertz CT molecular complexity index is 139. The molecule has 14 heavy (non-hydrogen) atoms. The molecule has 2 heteroatoms. The van der Waals surface area contributed by atoms with Gasteiger partial charge in [0.15, 0.2) is 0 Å². The molecule has 0 aromatic rings. The van der Waals surface area contributed by atoms with E-state index in [2.05, 4.69) is 6.92 Å². The molecule has 0 aliphatic heterocycles. The lowest BCUT2D eigenvalue weighted by Gasteiger charge is -2.12. The van der Waals surface area contributed by atoms with E-state index in [9.17, 15) is 5.11 Å². The maximum Gasteiger partial charge on any atom is 0.0619 e. The Labute approximate surface area is 92.8 Å². The molecule has 0 bridgehead atoms. The fourth-order valence-corrected chi connectivity index (χ4v) is 2.52. The summed E-state index contributed by atoms with van der Waals surface area (Å²) in [5.41, 5.74) is -0.306. The maximum absolute atomic E-state index is 9.19. The summed E-state index contributed by atoms with van der Waals surface area (Å²) in [7, 11) is 0. The van der Waals surface area contributed by atoms with Crippen LogP contribution in [0.15, 0.2) is 0 Å². The molecule has 0 aromatic heterocycles. The van der Waals surface area contributed by atoms with Crippen molar-refractivity contribution < 1.29 is 5.11 Å². The Hall–Kier alpha value is 0.250. The Morgan fingerprint density at radius 3 is 1.36 bits per heavy atom. The molecule has 2 saturated carbocycles. The first-order valence-corrected chi connectivity index (χ1v) is 6.20.